The van der Waals surface area contributed by atoms with E-state index < -0.39 is 12.1 Å². The Morgan fingerprint density at radius 2 is 1.63 bits per heavy atom. The van der Waals surface area contributed by atoms with Gasteiger partial charge in [-0.1, -0.05) is 48.5 Å². The van der Waals surface area contributed by atoms with Crippen molar-refractivity contribution in [3.8, 4) is 0 Å². The highest BCUT2D eigenvalue weighted by Gasteiger charge is 2.21. The molecule has 2 aromatic rings. The number of ether oxygens (including phenoxy) is 1. The maximum atomic E-state index is 12.8. The summed E-state index contributed by atoms with van der Waals surface area (Å²) < 4.78 is 5.35. The van der Waals surface area contributed by atoms with Crippen molar-refractivity contribution in [3.63, 3.8) is 0 Å². The molecule has 0 aliphatic carbocycles. The van der Waals surface area contributed by atoms with Crippen molar-refractivity contribution in [3.05, 3.63) is 66.2 Å². The molecule has 0 unspecified atom stereocenters. The van der Waals surface area contributed by atoms with Crippen molar-refractivity contribution < 1.29 is 14.3 Å². The minimum atomic E-state index is -0.653. The summed E-state index contributed by atoms with van der Waals surface area (Å²) in [4.78, 5) is 27.6. The molecule has 1 saturated heterocycles. The number of nitrogens with zero attached hydrogens (tertiary/aromatic N) is 1. The van der Waals surface area contributed by atoms with Crippen LogP contribution in [0.3, 0.4) is 0 Å². The number of rotatable bonds is 9. The number of hydrogen-bond donors (Lipinski definition) is 3. The lowest BCUT2D eigenvalue weighted by Gasteiger charge is -2.26. The molecule has 1 aliphatic rings. The average Bonchev–Trinajstić information content (AvgIpc) is 2.78. The first-order chi connectivity index (χ1) is 14.7. The van der Waals surface area contributed by atoms with Crippen molar-refractivity contribution in [1.82, 2.24) is 15.5 Å². The normalized spacial score (nSPS) is 15.2. The summed E-state index contributed by atoms with van der Waals surface area (Å²) in [5, 5.41) is 8.56. The van der Waals surface area contributed by atoms with Crippen LogP contribution in [0.25, 0.3) is 0 Å². The fourth-order valence-electron chi connectivity index (χ4n) is 3.37. The number of para-hydroxylation sites is 1. The second kappa shape index (κ2) is 11.9. The van der Waals surface area contributed by atoms with Crippen molar-refractivity contribution in [2.24, 2.45) is 0 Å². The van der Waals surface area contributed by atoms with Crippen LogP contribution in [0.5, 0.6) is 0 Å². The van der Waals surface area contributed by atoms with Crippen molar-refractivity contribution in [1.29, 1.82) is 0 Å². The van der Waals surface area contributed by atoms with Crippen molar-refractivity contribution in [2.75, 3.05) is 44.7 Å². The van der Waals surface area contributed by atoms with E-state index in [4.69, 9.17) is 4.74 Å². The van der Waals surface area contributed by atoms with Crippen LogP contribution in [0.2, 0.25) is 0 Å². The largest absolute Gasteiger partial charge is 0.379 e. The molecule has 1 aliphatic heterocycles. The highest BCUT2D eigenvalue weighted by atomic mass is 16.5. The Morgan fingerprint density at radius 1 is 0.967 bits per heavy atom. The average molecular weight is 411 g/mol. The molecule has 30 heavy (non-hydrogen) atoms. The van der Waals surface area contributed by atoms with Gasteiger partial charge in [0.2, 0.25) is 5.91 Å². The van der Waals surface area contributed by atoms with Gasteiger partial charge in [0, 0.05) is 31.7 Å². The van der Waals surface area contributed by atoms with Crippen LogP contribution in [-0.4, -0.2) is 62.3 Å². The molecular weight excluding hydrogens is 380 g/mol. The van der Waals surface area contributed by atoms with Gasteiger partial charge >= 0.3 is 6.03 Å². The standard InChI is InChI=1S/C23H30N4O3/c28-22(24-12-7-13-27-14-16-30-17-15-27)21(18-19-8-3-1-4-9-19)26-23(29)25-20-10-5-2-6-11-20/h1-6,8-11,21H,7,12-18H2,(H,24,28)(H2,25,26,29)/t21-/m1/s1. The first-order valence-corrected chi connectivity index (χ1v) is 10.4. The summed E-state index contributed by atoms with van der Waals surface area (Å²) >= 11 is 0. The van der Waals surface area contributed by atoms with Gasteiger partial charge in [0.25, 0.3) is 0 Å². The molecule has 7 nitrogen and oxygen atoms in total. The second-order valence-electron chi connectivity index (χ2n) is 7.31. The van der Waals surface area contributed by atoms with E-state index in [0.717, 1.165) is 44.8 Å². The molecule has 160 valence electrons. The van der Waals surface area contributed by atoms with E-state index in [1.165, 1.54) is 0 Å². The van der Waals surface area contributed by atoms with Crippen LogP contribution in [0, 0.1) is 0 Å². The fourth-order valence-corrected chi connectivity index (χ4v) is 3.37. The van der Waals surface area contributed by atoms with Crippen LogP contribution in [-0.2, 0) is 16.0 Å². The van der Waals surface area contributed by atoms with Crippen molar-refractivity contribution >= 4 is 17.6 Å². The minimum absolute atomic E-state index is 0.177. The van der Waals surface area contributed by atoms with E-state index in [0.29, 0.717) is 18.7 Å². The monoisotopic (exact) mass is 410 g/mol. The zero-order chi connectivity index (χ0) is 21.0. The topological polar surface area (TPSA) is 82.7 Å². The van der Waals surface area contributed by atoms with Gasteiger partial charge in [-0.05, 0) is 30.7 Å². The molecule has 7 heteroatoms. The van der Waals surface area contributed by atoms with Gasteiger partial charge in [-0.3, -0.25) is 9.69 Å². The van der Waals surface area contributed by atoms with E-state index in [2.05, 4.69) is 20.9 Å². The minimum Gasteiger partial charge on any atom is -0.379 e. The van der Waals surface area contributed by atoms with E-state index in [1.54, 1.807) is 12.1 Å². The lowest BCUT2D eigenvalue weighted by molar-refractivity contribution is -0.122. The molecule has 3 amide bonds. The third-order valence-corrected chi connectivity index (χ3v) is 4.99. The Bertz CT molecular complexity index is 780. The predicted octanol–water partition coefficient (Wildman–Crippen LogP) is 2.26. The number of carbonyl (C=O) groups is 2. The van der Waals surface area contributed by atoms with Crippen molar-refractivity contribution in [2.45, 2.75) is 18.9 Å². The Balaban J connectivity index is 1.51. The van der Waals surface area contributed by atoms with Crippen LogP contribution in [0.4, 0.5) is 10.5 Å². The molecule has 3 N–H and O–H groups in total. The lowest BCUT2D eigenvalue weighted by Crippen LogP contribution is -2.49. The number of carbonyl (C=O) groups excluding carboxylic acids is 2. The summed E-state index contributed by atoms with van der Waals surface area (Å²) in [6.07, 6.45) is 1.29. The molecule has 0 spiro atoms. The first kappa shape index (κ1) is 21.8. The Kier molecular flexibility index (Phi) is 8.68. The fraction of sp³-hybridized carbons (Fsp3) is 0.391. The molecule has 2 aromatic carbocycles. The second-order valence-corrected chi connectivity index (χ2v) is 7.31. The quantitative estimate of drug-likeness (QED) is 0.554. The number of nitrogens with one attached hydrogen (secondary N) is 3. The number of morpholine rings is 1. The number of anilines is 1. The molecule has 0 aromatic heterocycles. The number of hydrogen-bond acceptors (Lipinski definition) is 4. The molecule has 0 radical (unpaired) electrons. The van der Waals surface area contributed by atoms with Gasteiger partial charge in [0.1, 0.15) is 6.04 Å². The SMILES string of the molecule is O=C(Nc1ccccc1)N[C@H](Cc1ccccc1)C(=O)NCCCN1CCOCC1. The van der Waals surface area contributed by atoms with Crippen LogP contribution in [0.15, 0.2) is 60.7 Å². The van der Waals surface area contributed by atoms with Gasteiger partial charge in [-0.2, -0.15) is 0 Å². The van der Waals surface area contributed by atoms with Crippen LogP contribution in [0.1, 0.15) is 12.0 Å². The van der Waals surface area contributed by atoms with Gasteiger partial charge in [0.05, 0.1) is 13.2 Å². The molecule has 1 fully saturated rings. The maximum Gasteiger partial charge on any atom is 0.319 e. The zero-order valence-electron chi connectivity index (χ0n) is 17.2. The van der Waals surface area contributed by atoms with Gasteiger partial charge in [-0.25, -0.2) is 4.79 Å². The number of urea groups is 1. The third-order valence-electron chi connectivity index (χ3n) is 4.99. The van der Waals surface area contributed by atoms with Gasteiger partial charge in [-0.15, -0.1) is 0 Å². The number of amides is 3. The lowest BCUT2D eigenvalue weighted by atomic mass is 10.1. The molecule has 3 rings (SSSR count). The predicted molar refractivity (Wildman–Crippen MR) is 117 cm³/mol. The van der Waals surface area contributed by atoms with E-state index >= 15 is 0 Å². The van der Waals surface area contributed by atoms with E-state index in [1.807, 2.05) is 48.5 Å². The first-order valence-electron chi connectivity index (χ1n) is 10.4. The molecule has 1 atom stereocenters. The molecule has 0 bridgehead atoms. The summed E-state index contributed by atoms with van der Waals surface area (Å²) in [6, 6.07) is 17.8. The van der Waals surface area contributed by atoms with E-state index in [-0.39, 0.29) is 5.91 Å². The summed E-state index contributed by atoms with van der Waals surface area (Å²) in [7, 11) is 0. The third kappa shape index (κ3) is 7.50. The van der Waals surface area contributed by atoms with Gasteiger partial charge < -0.3 is 20.7 Å². The highest BCUT2D eigenvalue weighted by molar-refractivity contribution is 5.93. The van der Waals surface area contributed by atoms with Crippen LogP contribution < -0.4 is 16.0 Å². The van der Waals surface area contributed by atoms with E-state index in [9.17, 15) is 9.59 Å². The Morgan fingerprint density at radius 3 is 2.33 bits per heavy atom. The number of benzene rings is 2. The molecule has 1 heterocycles. The Hall–Kier alpha value is -2.90. The molecule has 0 saturated carbocycles. The highest BCUT2D eigenvalue weighted by Crippen LogP contribution is 2.07. The van der Waals surface area contributed by atoms with Crippen LogP contribution >= 0.6 is 0 Å². The summed E-state index contributed by atoms with van der Waals surface area (Å²) in [5.41, 5.74) is 1.67. The smallest absolute Gasteiger partial charge is 0.319 e. The maximum absolute atomic E-state index is 12.8. The summed E-state index contributed by atoms with van der Waals surface area (Å²) in [6.45, 7) is 4.91. The zero-order valence-corrected chi connectivity index (χ0v) is 17.2. The van der Waals surface area contributed by atoms with Gasteiger partial charge in [0.15, 0.2) is 0 Å². The molecular formula is C23H30N4O3. The summed E-state index contributed by atoms with van der Waals surface area (Å²) in [5.74, 6) is -0.177. The Labute approximate surface area is 177 Å².